The van der Waals surface area contributed by atoms with E-state index >= 15 is 0 Å². The molecule has 6 nitrogen and oxygen atoms in total. The Labute approximate surface area is 170 Å². The van der Waals surface area contributed by atoms with Crippen molar-refractivity contribution in [1.82, 2.24) is 10.6 Å². The lowest BCUT2D eigenvalue weighted by Crippen LogP contribution is -2.45. The van der Waals surface area contributed by atoms with Gasteiger partial charge in [-0.3, -0.25) is 4.99 Å². The van der Waals surface area contributed by atoms with Crippen LogP contribution in [0.25, 0.3) is 0 Å². The molecule has 1 heterocycles. The van der Waals surface area contributed by atoms with Crippen LogP contribution in [-0.2, 0) is 4.74 Å². The average molecular weight is 439 g/mol. The van der Waals surface area contributed by atoms with Crippen molar-refractivity contribution in [3.8, 4) is 0 Å². The number of ether oxygens (including phenoxy) is 1. The number of rotatable bonds is 9. The maximum Gasteiger partial charge on any atom is 0.191 e. The molecule has 150 valence electrons. The molecule has 2 fully saturated rings. The number of aliphatic hydroxyl groups is 1. The number of aliphatic imine (C=N–C) groups is 1. The van der Waals surface area contributed by atoms with E-state index in [1.165, 1.54) is 18.5 Å². The van der Waals surface area contributed by atoms with Crippen LogP contribution in [-0.4, -0.2) is 62.6 Å². The Morgan fingerprint density at radius 2 is 2.19 bits per heavy atom. The number of anilines is 1. The molecule has 0 amide bonds. The summed E-state index contributed by atoms with van der Waals surface area (Å²) in [5.41, 5.74) is 1.23. The molecule has 3 rings (SSSR count). The van der Waals surface area contributed by atoms with E-state index in [1.807, 2.05) is 6.07 Å². The number of aliphatic hydroxyl groups excluding tert-OH is 1. The van der Waals surface area contributed by atoms with Gasteiger partial charge in [0.2, 0.25) is 0 Å². The van der Waals surface area contributed by atoms with Gasteiger partial charge in [-0.05, 0) is 60.2 Å². The predicted octanol–water partition coefficient (Wildman–Crippen LogP) is 2.37. The third kappa shape index (κ3) is 6.66. The minimum Gasteiger partial charge on any atom is -0.389 e. The van der Waals surface area contributed by atoms with Gasteiger partial charge in [0.1, 0.15) is 0 Å². The van der Waals surface area contributed by atoms with E-state index < -0.39 is 6.10 Å². The number of benzene rings is 1. The van der Waals surface area contributed by atoms with Gasteiger partial charge in [0, 0.05) is 36.8 Å². The number of halogens is 1. The predicted molar refractivity (Wildman–Crippen MR) is 113 cm³/mol. The fraction of sp³-hybridized carbons (Fsp3) is 0.650. The van der Waals surface area contributed by atoms with E-state index in [9.17, 15) is 5.11 Å². The second-order valence-electron chi connectivity index (χ2n) is 7.38. The van der Waals surface area contributed by atoms with Crippen LogP contribution in [0.5, 0.6) is 0 Å². The Morgan fingerprint density at radius 3 is 2.93 bits per heavy atom. The fourth-order valence-corrected chi connectivity index (χ4v) is 3.76. The van der Waals surface area contributed by atoms with Crippen molar-refractivity contribution in [2.45, 2.75) is 38.3 Å². The van der Waals surface area contributed by atoms with Gasteiger partial charge in [0.15, 0.2) is 5.96 Å². The second-order valence-corrected chi connectivity index (χ2v) is 8.24. The van der Waals surface area contributed by atoms with Gasteiger partial charge >= 0.3 is 0 Å². The topological polar surface area (TPSA) is 69.1 Å². The van der Waals surface area contributed by atoms with E-state index in [0.29, 0.717) is 19.2 Å². The minimum absolute atomic E-state index is 0.332. The standard InChI is InChI=1S/C20H31BrN4O2/c1-2-22-20(23-11-17(26)14-27-13-15-7-8-15)24-16-9-10-25(12-16)19-6-4-3-5-18(19)21/h3-6,15-17,26H,2,7-14H2,1H3,(H2,22,23,24). The molecular weight excluding hydrogens is 408 g/mol. The highest BCUT2D eigenvalue weighted by molar-refractivity contribution is 9.10. The van der Waals surface area contributed by atoms with E-state index in [0.717, 1.165) is 49.0 Å². The van der Waals surface area contributed by atoms with Crippen molar-refractivity contribution < 1.29 is 9.84 Å². The Bertz CT molecular complexity index is 624. The van der Waals surface area contributed by atoms with Gasteiger partial charge in [0.05, 0.1) is 24.9 Å². The van der Waals surface area contributed by atoms with Gasteiger partial charge in [-0.15, -0.1) is 0 Å². The molecule has 1 saturated carbocycles. The summed E-state index contributed by atoms with van der Waals surface area (Å²) in [7, 11) is 0. The van der Waals surface area contributed by atoms with Crippen molar-refractivity contribution in [2.75, 3.05) is 44.3 Å². The van der Waals surface area contributed by atoms with Crippen molar-refractivity contribution in [1.29, 1.82) is 0 Å². The fourth-order valence-electron chi connectivity index (χ4n) is 3.22. The largest absolute Gasteiger partial charge is 0.389 e. The van der Waals surface area contributed by atoms with Crippen LogP contribution in [0.3, 0.4) is 0 Å². The summed E-state index contributed by atoms with van der Waals surface area (Å²) in [6.45, 7) is 6.26. The summed E-state index contributed by atoms with van der Waals surface area (Å²) in [5, 5.41) is 16.9. The van der Waals surface area contributed by atoms with Crippen molar-refractivity contribution in [3.05, 3.63) is 28.7 Å². The van der Waals surface area contributed by atoms with Crippen molar-refractivity contribution in [3.63, 3.8) is 0 Å². The zero-order valence-electron chi connectivity index (χ0n) is 16.0. The Hall–Kier alpha value is -1.31. The highest BCUT2D eigenvalue weighted by Gasteiger charge is 2.25. The maximum absolute atomic E-state index is 10.1. The number of nitrogens with zero attached hydrogens (tertiary/aromatic N) is 2. The number of para-hydroxylation sites is 1. The lowest BCUT2D eigenvalue weighted by atomic mass is 10.2. The van der Waals surface area contributed by atoms with Crippen LogP contribution in [0.1, 0.15) is 26.2 Å². The summed E-state index contributed by atoms with van der Waals surface area (Å²) in [4.78, 5) is 6.92. The lowest BCUT2D eigenvalue weighted by molar-refractivity contribution is 0.0368. The monoisotopic (exact) mass is 438 g/mol. The highest BCUT2D eigenvalue weighted by Crippen LogP contribution is 2.29. The first-order valence-corrected chi connectivity index (χ1v) is 10.7. The third-order valence-electron chi connectivity index (χ3n) is 4.89. The summed E-state index contributed by atoms with van der Waals surface area (Å²) in [6.07, 6.45) is 3.03. The number of hydrogen-bond acceptors (Lipinski definition) is 4. The summed E-state index contributed by atoms with van der Waals surface area (Å²) in [5.74, 6) is 1.48. The number of guanidine groups is 1. The zero-order chi connectivity index (χ0) is 19.1. The van der Waals surface area contributed by atoms with Gasteiger partial charge in [0.25, 0.3) is 0 Å². The molecule has 2 unspecified atom stereocenters. The first kappa shape index (κ1) is 20.4. The lowest BCUT2D eigenvalue weighted by Gasteiger charge is -2.21. The molecule has 0 aromatic heterocycles. The Morgan fingerprint density at radius 1 is 1.37 bits per heavy atom. The molecule has 1 aliphatic heterocycles. The highest BCUT2D eigenvalue weighted by atomic mass is 79.9. The molecule has 0 spiro atoms. The van der Waals surface area contributed by atoms with Gasteiger partial charge in [-0.1, -0.05) is 12.1 Å². The Balaban J connectivity index is 1.46. The summed E-state index contributed by atoms with van der Waals surface area (Å²) in [6, 6.07) is 8.66. The van der Waals surface area contributed by atoms with Gasteiger partial charge in [-0.2, -0.15) is 0 Å². The normalized spacial score (nSPS) is 21.4. The van der Waals surface area contributed by atoms with E-state index in [2.05, 4.69) is 61.6 Å². The molecule has 7 heteroatoms. The molecule has 1 saturated heterocycles. The molecule has 1 aliphatic carbocycles. The molecule has 3 N–H and O–H groups in total. The molecule has 0 radical (unpaired) electrons. The summed E-state index contributed by atoms with van der Waals surface area (Å²) >= 11 is 3.64. The molecule has 1 aromatic rings. The molecule has 27 heavy (non-hydrogen) atoms. The van der Waals surface area contributed by atoms with Crippen molar-refractivity contribution in [2.24, 2.45) is 10.9 Å². The SMILES string of the molecule is CCNC(=NCC(O)COCC1CC1)NC1CCN(c2ccccc2Br)C1. The van der Waals surface area contributed by atoms with E-state index in [1.54, 1.807) is 0 Å². The molecule has 1 aromatic carbocycles. The molecular formula is C20H31BrN4O2. The first-order valence-electron chi connectivity index (χ1n) is 9.95. The summed E-state index contributed by atoms with van der Waals surface area (Å²) < 4.78 is 6.67. The smallest absolute Gasteiger partial charge is 0.191 e. The van der Waals surface area contributed by atoms with Crippen LogP contribution < -0.4 is 15.5 Å². The van der Waals surface area contributed by atoms with Gasteiger partial charge < -0.3 is 25.4 Å². The average Bonchev–Trinajstić information content (AvgIpc) is 3.37. The first-order chi connectivity index (χ1) is 13.2. The van der Waals surface area contributed by atoms with Gasteiger partial charge in [-0.25, -0.2) is 0 Å². The molecule has 2 aliphatic rings. The zero-order valence-corrected chi connectivity index (χ0v) is 17.6. The van der Waals surface area contributed by atoms with E-state index in [4.69, 9.17) is 4.74 Å². The third-order valence-corrected chi connectivity index (χ3v) is 5.56. The second kappa shape index (κ2) is 10.3. The van der Waals surface area contributed by atoms with Crippen LogP contribution in [0.2, 0.25) is 0 Å². The van der Waals surface area contributed by atoms with Crippen LogP contribution in [0.15, 0.2) is 33.7 Å². The maximum atomic E-state index is 10.1. The van der Waals surface area contributed by atoms with Crippen LogP contribution in [0, 0.1) is 5.92 Å². The number of nitrogens with one attached hydrogen (secondary N) is 2. The van der Waals surface area contributed by atoms with Crippen LogP contribution >= 0.6 is 15.9 Å². The van der Waals surface area contributed by atoms with Crippen LogP contribution in [0.4, 0.5) is 5.69 Å². The molecule has 2 atom stereocenters. The number of hydrogen-bond donors (Lipinski definition) is 3. The van der Waals surface area contributed by atoms with E-state index in [-0.39, 0.29) is 0 Å². The quantitative estimate of drug-likeness (QED) is 0.407. The molecule has 0 bridgehead atoms. The Kier molecular flexibility index (Phi) is 7.79. The minimum atomic E-state index is -0.556. The van der Waals surface area contributed by atoms with Crippen molar-refractivity contribution >= 4 is 27.6 Å².